The molecule has 32 heavy (non-hydrogen) atoms. The maximum atomic E-state index is 12.9. The zero-order chi connectivity index (χ0) is 22.9. The lowest BCUT2D eigenvalue weighted by atomic mass is 10.3. The van der Waals surface area contributed by atoms with Crippen LogP contribution in [0.3, 0.4) is 0 Å². The van der Waals surface area contributed by atoms with Crippen LogP contribution in [0.25, 0.3) is 10.7 Å². The highest BCUT2D eigenvalue weighted by Gasteiger charge is 2.26. The first-order chi connectivity index (χ1) is 15.3. The third-order valence-corrected chi connectivity index (χ3v) is 7.83. The van der Waals surface area contributed by atoms with Crippen LogP contribution in [-0.4, -0.2) is 48.5 Å². The number of anilines is 1. The summed E-state index contributed by atoms with van der Waals surface area (Å²) in [5.41, 5.74) is 1.76. The number of hydrogen-bond acceptors (Lipinski definition) is 6. The molecule has 0 aliphatic carbocycles. The maximum absolute atomic E-state index is 12.9. The number of carbonyl (C=O) groups is 1. The van der Waals surface area contributed by atoms with Gasteiger partial charge in [-0.05, 0) is 57.0 Å². The van der Waals surface area contributed by atoms with E-state index in [-0.39, 0.29) is 10.8 Å². The van der Waals surface area contributed by atoms with E-state index >= 15 is 0 Å². The number of aromatic nitrogens is 2. The second-order valence-corrected chi connectivity index (χ2v) is 10.3. The van der Waals surface area contributed by atoms with Crippen molar-refractivity contribution < 1.29 is 17.9 Å². The number of nitrogens with one attached hydrogen (secondary N) is 1. The van der Waals surface area contributed by atoms with Gasteiger partial charge >= 0.3 is 0 Å². The van der Waals surface area contributed by atoms with Crippen molar-refractivity contribution in [2.24, 2.45) is 7.05 Å². The second-order valence-electron chi connectivity index (χ2n) is 7.67. The van der Waals surface area contributed by atoms with E-state index in [0.717, 1.165) is 25.9 Å². The topological polar surface area (TPSA) is 93.5 Å². The molecule has 0 unspecified atom stereocenters. The highest BCUT2D eigenvalue weighted by Crippen LogP contribution is 2.32. The number of sulfonamides is 1. The molecule has 1 aromatic carbocycles. The monoisotopic (exact) mass is 474 g/mol. The second kappa shape index (κ2) is 8.95. The van der Waals surface area contributed by atoms with Crippen LogP contribution < -0.4 is 9.46 Å². The molecule has 1 N–H and O–H groups in total. The molecule has 0 radical (unpaired) electrons. The summed E-state index contributed by atoms with van der Waals surface area (Å²) in [5, 5.41) is 0.620. The number of thiazole rings is 1. The molecule has 3 heterocycles. The van der Waals surface area contributed by atoms with E-state index in [9.17, 15) is 13.2 Å². The molecule has 0 bridgehead atoms. The Bertz CT molecular complexity index is 1220. The largest absolute Gasteiger partial charge is 0.494 e. The van der Waals surface area contributed by atoms with Gasteiger partial charge in [-0.3, -0.25) is 9.52 Å². The normalized spacial score (nSPS) is 14.0. The first kappa shape index (κ1) is 22.3. The average Bonchev–Trinajstić information content (AvgIpc) is 3.49. The van der Waals surface area contributed by atoms with Crippen LogP contribution in [-0.2, 0) is 17.1 Å². The van der Waals surface area contributed by atoms with Gasteiger partial charge in [0.1, 0.15) is 20.5 Å². The molecule has 0 spiro atoms. The molecule has 1 aliphatic rings. The van der Waals surface area contributed by atoms with Crippen molar-refractivity contribution in [3.8, 4) is 16.5 Å². The number of carbonyl (C=O) groups excluding carboxylic acids is 1. The van der Waals surface area contributed by atoms with E-state index in [0.29, 0.717) is 39.3 Å². The van der Waals surface area contributed by atoms with E-state index in [1.54, 1.807) is 48.1 Å². The minimum Gasteiger partial charge on any atom is -0.494 e. The molecule has 1 fully saturated rings. The Morgan fingerprint density at radius 2 is 1.91 bits per heavy atom. The predicted octanol–water partition coefficient (Wildman–Crippen LogP) is 3.89. The molecule has 170 valence electrons. The first-order valence-corrected chi connectivity index (χ1v) is 12.8. The first-order valence-electron chi connectivity index (χ1n) is 10.5. The van der Waals surface area contributed by atoms with E-state index in [1.165, 1.54) is 11.3 Å². The smallest absolute Gasteiger partial charge is 0.265 e. The van der Waals surface area contributed by atoms with Gasteiger partial charge in [0, 0.05) is 32.0 Å². The van der Waals surface area contributed by atoms with E-state index in [1.807, 2.05) is 18.7 Å². The Morgan fingerprint density at radius 3 is 2.56 bits per heavy atom. The highest BCUT2D eigenvalue weighted by atomic mass is 32.2. The number of ether oxygens (including phenoxy) is 1. The number of benzene rings is 1. The number of nitrogens with zero attached hydrogens (tertiary/aromatic N) is 3. The summed E-state index contributed by atoms with van der Waals surface area (Å²) in [6.07, 6.45) is 3.60. The molecule has 0 saturated carbocycles. The minimum atomic E-state index is -3.79. The van der Waals surface area contributed by atoms with Crippen molar-refractivity contribution in [2.45, 2.75) is 31.6 Å². The molecular weight excluding hydrogens is 448 g/mol. The van der Waals surface area contributed by atoms with Crippen molar-refractivity contribution in [1.29, 1.82) is 0 Å². The molecule has 1 saturated heterocycles. The highest BCUT2D eigenvalue weighted by molar-refractivity contribution is 7.92. The zero-order valence-electron chi connectivity index (χ0n) is 18.3. The molecule has 4 rings (SSSR count). The number of likely N-dealkylation sites (tertiary alicyclic amines) is 1. The van der Waals surface area contributed by atoms with E-state index in [2.05, 4.69) is 9.71 Å². The summed E-state index contributed by atoms with van der Waals surface area (Å²) in [5.74, 6) is 0.679. The van der Waals surface area contributed by atoms with Crippen LogP contribution in [0.2, 0.25) is 0 Å². The predicted molar refractivity (Wildman–Crippen MR) is 125 cm³/mol. The van der Waals surface area contributed by atoms with Crippen LogP contribution in [0.5, 0.6) is 5.75 Å². The molecule has 2 aromatic heterocycles. The van der Waals surface area contributed by atoms with Crippen molar-refractivity contribution >= 4 is 33.0 Å². The molecule has 10 heteroatoms. The molecule has 1 amide bonds. The van der Waals surface area contributed by atoms with Crippen LogP contribution in [0.4, 0.5) is 5.69 Å². The van der Waals surface area contributed by atoms with Gasteiger partial charge in [0.05, 0.1) is 18.0 Å². The summed E-state index contributed by atoms with van der Waals surface area (Å²) in [4.78, 5) is 20.0. The van der Waals surface area contributed by atoms with Crippen molar-refractivity contribution in [3.05, 3.63) is 47.1 Å². The third kappa shape index (κ3) is 4.51. The molecule has 0 atom stereocenters. The Labute approximate surface area is 191 Å². The summed E-state index contributed by atoms with van der Waals surface area (Å²) in [7, 11) is -2.02. The Morgan fingerprint density at radius 1 is 1.22 bits per heavy atom. The quantitative estimate of drug-likeness (QED) is 0.561. The fraction of sp³-hybridized carbons (Fsp3) is 0.364. The average molecular weight is 475 g/mol. The van der Waals surface area contributed by atoms with E-state index in [4.69, 9.17) is 4.74 Å². The van der Waals surface area contributed by atoms with Gasteiger partial charge in [-0.2, -0.15) is 0 Å². The van der Waals surface area contributed by atoms with Gasteiger partial charge in [-0.1, -0.05) is 0 Å². The molecular formula is C22H26N4O4S2. The summed E-state index contributed by atoms with van der Waals surface area (Å²) < 4.78 is 35.6. The lowest BCUT2D eigenvalue weighted by molar-refractivity contribution is 0.0796. The van der Waals surface area contributed by atoms with Crippen LogP contribution in [0.15, 0.2) is 41.4 Å². The van der Waals surface area contributed by atoms with Gasteiger partial charge in [0.2, 0.25) is 0 Å². The summed E-state index contributed by atoms with van der Waals surface area (Å²) in [6.45, 7) is 5.79. The van der Waals surface area contributed by atoms with Crippen molar-refractivity contribution in [2.75, 3.05) is 24.4 Å². The summed E-state index contributed by atoms with van der Waals surface area (Å²) in [6, 6.07) is 8.34. The number of hydrogen-bond donors (Lipinski definition) is 1. The van der Waals surface area contributed by atoms with Gasteiger partial charge in [-0.15, -0.1) is 11.3 Å². The number of aryl methyl sites for hydroxylation is 2. The Kier molecular flexibility index (Phi) is 6.25. The van der Waals surface area contributed by atoms with Gasteiger partial charge in [-0.25, -0.2) is 13.4 Å². The maximum Gasteiger partial charge on any atom is 0.265 e. The molecule has 1 aliphatic heterocycles. The van der Waals surface area contributed by atoms with Crippen molar-refractivity contribution in [1.82, 2.24) is 14.5 Å². The third-order valence-electron chi connectivity index (χ3n) is 5.31. The van der Waals surface area contributed by atoms with Gasteiger partial charge in [0.15, 0.2) is 0 Å². The molecule has 8 nitrogen and oxygen atoms in total. The standard InChI is InChI=1S/C22H26N4O4S2/c1-4-30-17-9-7-16(8-10-17)24-32(28,29)18-13-19(25(3)14-18)21-23-15(2)20(31-21)22(27)26-11-5-6-12-26/h7-10,13-14,24H,4-6,11-12H2,1-3H3. The fourth-order valence-corrected chi connectivity index (χ4v) is 5.88. The molecule has 3 aromatic rings. The summed E-state index contributed by atoms with van der Waals surface area (Å²) >= 11 is 1.30. The number of amides is 1. The lowest BCUT2D eigenvalue weighted by Crippen LogP contribution is -2.27. The Balaban J connectivity index is 1.57. The van der Waals surface area contributed by atoms with Crippen LogP contribution >= 0.6 is 11.3 Å². The van der Waals surface area contributed by atoms with E-state index < -0.39 is 10.0 Å². The number of rotatable bonds is 7. The van der Waals surface area contributed by atoms with Gasteiger partial charge in [0.25, 0.3) is 15.9 Å². The minimum absolute atomic E-state index is 0.00275. The van der Waals surface area contributed by atoms with Gasteiger partial charge < -0.3 is 14.2 Å². The fourth-order valence-electron chi connectivity index (χ4n) is 3.66. The Hall–Kier alpha value is -2.85. The zero-order valence-corrected chi connectivity index (χ0v) is 19.9. The van der Waals surface area contributed by atoms with Crippen LogP contribution in [0.1, 0.15) is 35.1 Å². The van der Waals surface area contributed by atoms with Crippen molar-refractivity contribution in [3.63, 3.8) is 0 Å². The lowest BCUT2D eigenvalue weighted by Gasteiger charge is -2.13. The SMILES string of the molecule is CCOc1ccc(NS(=O)(=O)c2cc(-c3nc(C)c(C(=O)N4CCCC4)s3)n(C)c2)cc1. The van der Waals surface area contributed by atoms with Crippen LogP contribution in [0, 0.1) is 6.92 Å².